The number of hydrogen-bond donors (Lipinski definition) is 0. The minimum atomic E-state index is 0.922. The van der Waals surface area contributed by atoms with Crippen molar-refractivity contribution in [1.82, 2.24) is 0 Å². The van der Waals surface area contributed by atoms with Crippen LogP contribution in [0.4, 0.5) is 0 Å². The van der Waals surface area contributed by atoms with E-state index in [9.17, 15) is 0 Å². The van der Waals surface area contributed by atoms with Crippen LogP contribution in [0, 0.1) is 0 Å². The molecular formula is C7H7PS2. The van der Waals surface area contributed by atoms with E-state index in [-0.39, 0.29) is 0 Å². The lowest BCUT2D eigenvalue weighted by molar-refractivity contribution is 1.69. The fourth-order valence-electron chi connectivity index (χ4n) is 0.642. The normalized spacial score (nSPS) is 9.30. The van der Waals surface area contributed by atoms with E-state index >= 15 is 0 Å². The van der Waals surface area contributed by atoms with E-state index in [4.69, 9.17) is 12.2 Å². The second-order valence-electron chi connectivity index (χ2n) is 1.77. The molecule has 0 saturated heterocycles. The topological polar surface area (TPSA) is 0 Å². The van der Waals surface area contributed by atoms with Crippen molar-refractivity contribution in [3.05, 3.63) is 35.9 Å². The number of rotatable bonds is 1. The van der Waals surface area contributed by atoms with Crippen molar-refractivity contribution in [3.8, 4) is 0 Å². The van der Waals surface area contributed by atoms with Crippen molar-refractivity contribution >= 4 is 36.2 Å². The molecule has 1 aromatic carbocycles. The zero-order valence-electron chi connectivity index (χ0n) is 5.28. The first-order valence-corrected chi connectivity index (χ1v) is 5.51. The summed E-state index contributed by atoms with van der Waals surface area (Å²) in [5.41, 5.74) is 1.12. The molecule has 1 atom stereocenters. The quantitative estimate of drug-likeness (QED) is 0.488. The Morgan fingerprint density at radius 2 is 1.90 bits per heavy atom. The fraction of sp³-hybridized carbons (Fsp3) is 0. The highest BCUT2D eigenvalue weighted by Crippen LogP contribution is 2.19. The minimum Gasteiger partial charge on any atom is -0.0932 e. The molecule has 0 saturated carbocycles. The van der Waals surface area contributed by atoms with Gasteiger partial charge in [-0.2, -0.15) is 0 Å². The molecule has 0 amide bonds. The van der Waals surface area contributed by atoms with Crippen LogP contribution in [0.2, 0.25) is 0 Å². The summed E-state index contributed by atoms with van der Waals surface area (Å²) in [6.07, 6.45) is 0. The maximum Gasteiger partial charge on any atom is 0.0815 e. The van der Waals surface area contributed by atoms with Gasteiger partial charge in [-0.05, 0) is 5.56 Å². The third kappa shape index (κ3) is 2.05. The van der Waals surface area contributed by atoms with E-state index in [0.29, 0.717) is 0 Å². The Bertz CT molecular complexity index is 220. The Morgan fingerprint density at radius 1 is 1.30 bits per heavy atom. The molecule has 0 aliphatic heterocycles. The van der Waals surface area contributed by atoms with Crippen LogP contribution in [0.25, 0.3) is 0 Å². The van der Waals surface area contributed by atoms with Gasteiger partial charge in [0.15, 0.2) is 0 Å². The Hall–Kier alpha value is 0.0900. The molecule has 3 heteroatoms. The molecule has 0 spiro atoms. The predicted octanol–water partition coefficient (Wildman–Crippen LogP) is 2.89. The van der Waals surface area contributed by atoms with Crippen LogP contribution < -0.4 is 0 Å². The first-order valence-electron chi connectivity index (χ1n) is 2.80. The maximum absolute atomic E-state index is 5.06. The van der Waals surface area contributed by atoms with E-state index < -0.39 is 0 Å². The lowest BCUT2D eigenvalue weighted by atomic mass is 10.2. The van der Waals surface area contributed by atoms with Crippen molar-refractivity contribution in [1.29, 1.82) is 0 Å². The fourth-order valence-corrected chi connectivity index (χ4v) is 1.46. The highest BCUT2D eigenvalue weighted by molar-refractivity contribution is 8.56. The Labute approximate surface area is 72.4 Å². The van der Waals surface area contributed by atoms with Crippen LogP contribution in [0.5, 0.6) is 0 Å². The Balaban J connectivity index is 2.85. The third-order valence-electron chi connectivity index (χ3n) is 1.12. The summed E-state index contributed by atoms with van der Waals surface area (Å²) in [6, 6.07) is 9.99. The summed E-state index contributed by atoms with van der Waals surface area (Å²) in [4.78, 5) is 0. The molecule has 0 aromatic heterocycles. The summed E-state index contributed by atoms with van der Waals surface area (Å²) < 4.78 is 0.922. The highest BCUT2D eigenvalue weighted by atomic mass is 32.7. The van der Waals surface area contributed by atoms with Gasteiger partial charge in [-0.25, -0.2) is 0 Å². The van der Waals surface area contributed by atoms with E-state index in [1.54, 1.807) is 0 Å². The summed E-state index contributed by atoms with van der Waals surface area (Å²) >= 11 is 6.59. The number of thiocarbonyl (C=S) groups is 1. The van der Waals surface area contributed by atoms with Crippen molar-refractivity contribution < 1.29 is 0 Å². The third-order valence-corrected chi connectivity index (χ3v) is 3.31. The van der Waals surface area contributed by atoms with E-state index in [1.165, 1.54) is 11.4 Å². The van der Waals surface area contributed by atoms with Crippen LogP contribution in [0.15, 0.2) is 30.3 Å². The van der Waals surface area contributed by atoms with Crippen molar-refractivity contribution in [2.75, 3.05) is 0 Å². The molecule has 1 unspecified atom stereocenters. The Kier molecular flexibility index (Phi) is 3.33. The van der Waals surface area contributed by atoms with Crippen LogP contribution in [-0.4, -0.2) is 4.20 Å². The van der Waals surface area contributed by atoms with Gasteiger partial charge in [0, 0.05) is 0 Å². The predicted molar refractivity (Wildman–Crippen MR) is 55.4 cm³/mol. The van der Waals surface area contributed by atoms with Gasteiger partial charge >= 0.3 is 0 Å². The zero-order chi connectivity index (χ0) is 7.40. The monoisotopic (exact) mass is 186 g/mol. The molecular weight excluding hydrogens is 179 g/mol. The molecule has 0 bridgehead atoms. The highest BCUT2D eigenvalue weighted by Gasteiger charge is 1.94. The van der Waals surface area contributed by atoms with Gasteiger partial charge in [-0.1, -0.05) is 62.4 Å². The molecule has 0 heterocycles. The molecule has 1 rings (SSSR count). The van der Waals surface area contributed by atoms with Gasteiger partial charge in [0.2, 0.25) is 0 Å². The van der Waals surface area contributed by atoms with Gasteiger partial charge in [0.25, 0.3) is 0 Å². The summed E-state index contributed by atoms with van der Waals surface area (Å²) in [5, 5.41) is 0. The summed E-state index contributed by atoms with van der Waals surface area (Å²) in [6.45, 7) is 0. The van der Waals surface area contributed by atoms with Gasteiger partial charge in [-0.15, -0.1) is 0 Å². The molecule has 0 radical (unpaired) electrons. The van der Waals surface area contributed by atoms with Crippen LogP contribution in [-0.2, 0) is 0 Å². The average molecular weight is 186 g/mol. The van der Waals surface area contributed by atoms with Crippen molar-refractivity contribution in [2.45, 2.75) is 0 Å². The molecule has 0 fully saturated rings. The van der Waals surface area contributed by atoms with E-state index in [0.717, 1.165) is 9.76 Å². The van der Waals surface area contributed by atoms with Crippen LogP contribution in [0.1, 0.15) is 5.56 Å². The minimum absolute atomic E-state index is 0.922. The smallest absolute Gasteiger partial charge is 0.0815 e. The summed E-state index contributed by atoms with van der Waals surface area (Å²) in [5.74, 6) is 0. The van der Waals surface area contributed by atoms with Crippen molar-refractivity contribution in [2.24, 2.45) is 0 Å². The second kappa shape index (κ2) is 4.07. The molecule has 0 N–H and O–H groups in total. The standard InChI is InChI=1S/C7H7PS2/c8-10-7(9)6-4-2-1-3-5-6/h1-5H,8H2. The maximum atomic E-state index is 5.06. The lowest BCUT2D eigenvalue weighted by Gasteiger charge is -1.96. The largest absolute Gasteiger partial charge is 0.0932 e. The molecule has 0 nitrogen and oxygen atoms in total. The molecule has 10 heavy (non-hydrogen) atoms. The van der Waals surface area contributed by atoms with Gasteiger partial charge in [-0.3, -0.25) is 0 Å². The zero-order valence-corrected chi connectivity index (χ0v) is 8.07. The first kappa shape index (κ1) is 8.19. The van der Waals surface area contributed by atoms with Crippen molar-refractivity contribution in [3.63, 3.8) is 0 Å². The van der Waals surface area contributed by atoms with E-state index in [1.807, 2.05) is 30.3 Å². The van der Waals surface area contributed by atoms with Gasteiger partial charge in [0.05, 0.1) is 4.20 Å². The Morgan fingerprint density at radius 3 is 2.40 bits per heavy atom. The average Bonchev–Trinajstić information content (AvgIpc) is 2.05. The van der Waals surface area contributed by atoms with Gasteiger partial charge < -0.3 is 0 Å². The second-order valence-corrected chi connectivity index (χ2v) is 3.79. The van der Waals surface area contributed by atoms with Crippen LogP contribution >= 0.6 is 32.0 Å². The first-order chi connectivity index (χ1) is 4.84. The molecule has 0 aliphatic carbocycles. The number of benzene rings is 1. The molecule has 52 valence electrons. The SMILES string of the molecule is PSC(=S)c1ccccc1. The van der Waals surface area contributed by atoms with Crippen LogP contribution in [0.3, 0.4) is 0 Å². The summed E-state index contributed by atoms with van der Waals surface area (Å²) in [7, 11) is 2.54. The van der Waals surface area contributed by atoms with E-state index in [2.05, 4.69) is 8.44 Å². The number of hydrogen-bond acceptors (Lipinski definition) is 2. The van der Waals surface area contributed by atoms with Gasteiger partial charge in [0.1, 0.15) is 0 Å². The molecule has 0 aliphatic rings. The lowest BCUT2D eigenvalue weighted by Crippen LogP contribution is -1.85. The molecule has 1 aromatic rings.